The summed E-state index contributed by atoms with van der Waals surface area (Å²) in [5, 5.41) is 7.37. The number of nitrogens with zero attached hydrogens (tertiary/aromatic N) is 2. The van der Waals surface area contributed by atoms with E-state index in [9.17, 15) is 9.18 Å². The second-order valence-electron chi connectivity index (χ2n) is 9.15. The minimum Gasteiger partial charge on any atom is -0.382 e. The third-order valence-electron chi connectivity index (χ3n) is 6.90. The van der Waals surface area contributed by atoms with Crippen molar-refractivity contribution < 1.29 is 9.18 Å². The van der Waals surface area contributed by atoms with Crippen LogP contribution in [0.1, 0.15) is 68.8 Å². The van der Waals surface area contributed by atoms with Gasteiger partial charge in [-0.15, -0.1) is 0 Å². The van der Waals surface area contributed by atoms with E-state index < -0.39 is 11.7 Å². The Morgan fingerprint density at radius 1 is 1.33 bits per heavy atom. The van der Waals surface area contributed by atoms with Crippen LogP contribution in [0.15, 0.2) is 24.5 Å². The fraction of sp³-hybridized carbons (Fsp3) is 0.500. The van der Waals surface area contributed by atoms with Gasteiger partial charge in [-0.05, 0) is 62.1 Å². The molecule has 2 fully saturated rings. The van der Waals surface area contributed by atoms with Crippen molar-refractivity contribution in [1.29, 1.82) is 5.41 Å². The molecule has 0 amide bonds. The first-order chi connectivity index (χ1) is 14.3. The Morgan fingerprint density at radius 2 is 2.07 bits per heavy atom. The summed E-state index contributed by atoms with van der Waals surface area (Å²) in [4.78, 5) is 21.6. The lowest BCUT2D eigenvalue weighted by Crippen LogP contribution is -2.21. The third-order valence-corrected chi connectivity index (χ3v) is 6.90. The van der Waals surface area contributed by atoms with E-state index in [0.717, 1.165) is 48.9 Å². The summed E-state index contributed by atoms with van der Waals surface area (Å²) < 4.78 is 14.2. The third kappa shape index (κ3) is 3.75. The predicted octanol–water partition coefficient (Wildman–Crippen LogP) is 4.76. The Labute approximate surface area is 176 Å². The lowest BCUT2D eigenvalue weighted by atomic mass is 9.84. The summed E-state index contributed by atoms with van der Waals surface area (Å²) >= 11 is 0. The summed E-state index contributed by atoms with van der Waals surface area (Å²) in [7, 11) is 0. The number of pyridine rings is 2. The largest absolute Gasteiger partial charge is 0.382 e. The maximum absolute atomic E-state index is 14.2. The minimum absolute atomic E-state index is 0.127. The summed E-state index contributed by atoms with van der Waals surface area (Å²) in [5.74, 6) is 0.574. The number of carbonyl (C=O) groups excluding carboxylic acids is 1. The number of halogens is 1. The Balaban J connectivity index is 1.50. The highest BCUT2D eigenvalue weighted by molar-refractivity contribution is 5.93. The van der Waals surface area contributed by atoms with Gasteiger partial charge in [0, 0.05) is 40.5 Å². The molecule has 2 heterocycles. The van der Waals surface area contributed by atoms with Gasteiger partial charge in [-0.1, -0.05) is 20.3 Å². The van der Waals surface area contributed by atoms with Gasteiger partial charge >= 0.3 is 0 Å². The van der Waals surface area contributed by atoms with Crippen LogP contribution in [-0.2, 0) is 4.79 Å². The van der Waals surface area contributed by atoms with Crippen LogP contribution in [0.4, 0.5) is 4.39 Å². The van der Waals surface area contributed by atoms with Crippen molar-refractivity contribution in [2.45, 2.75) is 58.8 Å². The first-order valence-electron chi connectivity index (χ1n) is 10.8. The van der Waals surface area contributed by atoms with Gasteiger partial charge in [-0.2, -0.15) is 0 Å². The molecule has 6 heteroatoms. The number of aromatic nitrogens is 2. The first-order valence-corrected chi connectivity index (χ1v) is 10.8. The highest BCUT2D eigenvalue weighted by Crippen LogP contribution is 2.58. The molecule has 30 heavy (non-hydrogen) atoms. The maximum Gasteiger partial charge on any atom is 0.153 e. The van der Waals surface area contributed by atoms with Crippen molar-refractivity contribution in [3.63, 3.8) is 0 Å². The van der Waals surface area contributed by atoms with E-state index >= 15 is 0 Å². The maximum atomic E-state index is 14.2. The van der Waals surface area contributed by atoms with Gasteiger partial charge in [-0.25, -0.2) is 9.37 Å². The molecule has 0 spiro atoms. The highest BCUT2D eigenvalue weighted by Gasteiger charge is 2.57. The zero-order valence-corrected chi connectivity index (χ0v) is 17.8. The molecule has 3 unspecified atom stereocenters. The van der Waals surface area contributed by atoms with E-state index in [-0.39, 0.29) is 17.0 Å². The average Bonchev–Trinajstić information content (AvgIpc) is 3.62. The number of nitrogens with two attached hydrogens (primary N) is 1. The van der Waals surface area contributed by atoms with Gasteiger partial charge in [0.25, 0.3) is 0 Å². The van der Waals surface area contributed by atoms with Gasteiger partial charge in [0.15, 0.2) is 5.82 Å². The smallest absolute Gasteiger partial charge is 0.153 e. The van der Waals surface area contributed by atoms with E-state index in [4.69, 9.17) is 11.1 Å². The SMILES string of the molecule is CCC1CC1C(=O)C1(CC(C)c2cc(C)c(-c3cnc(C(=N)N)c(F)c3)cn2)CC1. The Bertz CT molecular complexity index is 1010. The number of carbonyl (C=O) groups is 1. The highest BCUT2D eigenvalue weighted by atomic mass is 19.1. The van der Waals surface area contributed by atoms with Gasteiger partial charge in [0.2, 0.25) is 0 Å². The number of nitrogens with one attached hydrogen (secondary N) is 1. The van der Waals surface area contributed by atoms with Crippen molar-refractivity contribution in [1.82, 2.24) is 9.97 Å². The Kier molecular flexibility index (Phi) is 5.20. The normalized spacial score (nSPS) is 22.4. The monoisotopic (exact) mass is 408 g/mol. The number of rotatable bonds is 8. The molecule has 0 bridgehead atoms. The summed E-state index contributed by atoms with van der Waals surface area (Å²) in [6.07, 6.45) is 8.32. The number of amidine groups is 1. The molecule has 0 aromatic carbocycles. The minimum atomic E-state index is -0.614. The molecular weight excluding hydrogens is 379 g/mol. The van der Waals surface area contributed by atoms with Gasteiger partial charge < -0.3 is 5.73 Å². The van der Waals surface area contributed by atoms with Crippen LogP contribution in [0.5, 0.6) is 0 Å². The fourth-order valence-corrected chi connectivity index (χ4v) is 4.74. The molecule has 0 radical (unpaired) electrons. The standard InChI is InChI=1S/C24H29FN4O/c1-4-15-8-17(15)22(30)24(5-6-24)10-14(3)20-7-13(2)18(12-28-20)16-9-19(25)21(23(26)27)29-11-16/h7,9,11-12,14-15,17H,4-6,8,10H2,1-3H3,(H3,26,27). The van der Waals surface area contributed by atoms with E-state index in [1.54, 1.807) is 6.20 Å². The van der Waals surface area contributed by atoms with Crippen LogP contribution < -0.4 is 5.73 Å². The molecule has 3 N–H and O–H groups in total. The molecule has 5 nitrogen and oxygen atoms in total. The van der Waals surface area contributed by atoms with Crippen molar-refractivity contribution >= 4 is 11.6 Å². The van der Waals surface area contributed by atoms with E-state index in [2.05, 4.69) is 23.8 Å². The zero-order chi connectivity index (χ0) is 21.6. The summed E-state index contributed by atoms with van der Waals surface area (Å²) in [6.45, 7) is 6.28. The van der Waals surface area contributed by atoms with Gasteiger partial charge in [0.1, 0.15) is 17.3 Å². The Hall–Kier alpha value is -2.63. The number of Topliss-reactive ketones (excluding diaryl/α,β-unsaturated/α-hetero) is 1. The lowest BCUT2D eigenvalue weighted by molar-refractivity contribution is -0.126. The van der Waals surface area contributed by atoms with Crippen LogP contribution in [0, 0.1) is 35.4 Å². The molecular formula is C24H29FN4O. The molecule has 2 aromatic heterocycles. The summed E-state index contributed by atoms with van der Waals surface area (Å²) in [6, 6.07) is 3.37. The van der Waals surface area contributed by atoms with E-state index in [0.29, 0.717) is 23.2 Å². The van der Waals surface area contributed by atoms with E-state index in [1.165, 1.54) is 12.3 Å². The number of aryl methyl sites for hydroxylation is 1. The lowest BCUT2D eigenvalue weighted by Gasteiger charge is -2.20. The number of nitrogen functional groups attached to an aromatic ring is 1. The van der Waals surface area contributed by atoms with E-state index in [1.807, 2.05) is 13.0 Å². The average molecular weight is 409 g/mol. The fourth-order valence-electron chi connectivity index (χ4n) is 4.74. The second-order valence-corrected chi connectivity index (χ2v) is 9.15. The van der Waals surface area contributed by atoms with Crippen molar-refractivity contribution in [3.8, 4) is 11.1 Å². The van der Waals surface area contributed by atoms with Crippen LogP contribution in [0.25, 0.3) is 11.1 Å². The van der Waals surface area contributed by atoms with Crippen molar-refractivity contribution in [2.75, 3.05) is 0 Å². The summed E-state index contributed by atoms with van der Waals surface area (Å²) in [5.41, 5.74) is 8.43. The quantitative estimate of drug-likeness (QED) is 0.486. The molecule has 0 saturated heterocycles. The second kappa shape index (κ2) is 7.56. The molecule has 2 aliphatic carbocycles. The molecule has 2 aromatic rings. The Morgan fingerprint density at radius 3 is 2.60 bits per heavy atom. The molecule has 2 aliphatic rings. The molecule has 158 valence electrons. The molecule has 4 rings (SSSR count). The first kappa shape index (κ1) is 20.6. The van der Waals surface area contributed by atoms with Crippen LogP contribution >= 0.6 is 0 Å². The van der Waals surface area contributed by atoms with Crippen LogP contribution in [-0.4, -0.2) is 21.6 Å². The van der Waals surface area contributed by atoms with Crippen molar-refractivity contribution in [3.05, 3.63) is 47.3 Å². The van der Waals surface area contributed by atoms with Crippen LogP contribution in [0.3, 0.4) is 0 Å². The number of hydrogen-bond acceptors (Lipinski definition) is 4. The van der Waals surface area contributed by atoms with Crippen molar-refractivity contribution in [2.24, 2.45) is 23.0 Å². The van der Waals surface area contributed by atoms with Gasteiger partial charge in [0.05, 0.1) is 0 Å². The molecule has 3 atom stereocenters. The number of hydrogen-bond donors (Lipinski definition) is 2. The molecule has 2 saturated carbocycles. The molecule has 0 aliphatic heterocycles. The predicted molar refractivity (Wildman–Crippen MR) is 115 cm³/mol. The zero-order valence-electron chi connectivity index (χ0n) is 17.8. The topological polar surface area (TPSA) is 92.7 Å². The van der Waals surface area contributed by atoms with Gasteiger partial charge in [-0.3, -0.25) is 15.2 Å². The van der Waals surface area contributed by atoms with Crippen LogP contribution in [0.2, 0.25) is 0 Å². The number of ketones is 1.